The van der Waals surface area contributed by atoms with Gasteiger partial charge in [0.05, 0.1) is 74.9 Å². The van der Waals surface area contributed by atoms with Crippen LogP contribution in [0.1, 0.15) is 13.8 Å². The van der Waals surface area contributed by atoms with Gasteiger partial charge >= 0.3 is 7.60 Å². The predicted octanol–water partition coefficient (Wildman–Crippen LogP) is 14.3. The van der Waals surface area contributed by atoms with Crippen molar-refractivity contribution in [3.63, 3.8) is 0 Å². The highest BCUT2D eigenvalue weighted by atomic mass is 31.2. The highest BCUT2D eigenvalue weighted by molar-refractivity contribution is 7.77. The van der Waals surface area contributed by atoms with E-state index in [2.05, 4.69) is 61.1 Å². The molecular formula is C89H115N12O24P5. The number of rotatable bonds is 48. The number of aromatic nitrogens is 8. The van der Waals surface area contributed by atoms with Crippen molar-refractivity contribution in [3.8, 4) is 46.0 Å². The van der Waals surface area contributed by atoms with E-state index in [-0.39, 0.29) is 5.30 Å². The first-order valence-electron chi connectivity index (χ1n) is 41.2. The minimum absolute atomic E-state index is 0.0643. The third kappa shape index (κ3) is 31.3. The molecule has 1 unspecified atom stereocenters. The Morgan fingerprint density at radius 2 is 0.469 bits per heavy atom. The monoisotopic (exact) mass is 1890 g/mol. The van der Waals surface area contributed by atoms with Crippen LogP contribution in [0.15, 0.2) is 171 Å². The van der Waals surface area contributed by atoms with Crippen molar-refractivity contribution in [1.29, 1.82) is 0 Å². The Morgan fingerprint density at radius 1 is 0.269 bits per heavy atom. The Morgan fingerprint density at radius 3 is 0.662 bits per heavy atom. The van der Waals surface area contributed by atoms with E-state index in [1.807, 2.05) is 123 Å². The van der Waals surface area contributed by atoms with Gasteiger partial charge in [-0.15, -0.1) is 0 Å². The van der Waals surface area contributed by atoms with E-state index < -0.39 is 42.3 Å². The molecule has 0 amide bonds. The van der Waals surface area contributed by atoms with Crippen LogP contribution in [-0.4, -0.2) is 262 Å². The van der Waals surface area contributed by atoms with Crippen LogP contribution < -0.4 is 80.4 Å². The van der Waals surface area contributed by atoms with Crippen LogP contribution in [0.3, 0.4) is 0 Å². The average Bonchev–Trinajstić information content (AvgIpc) is 0.801. The van der Waals surface area contributed by atoms with Crippen molar-refractivity contribution < 1.29 is 113 Å². The molecule has 0 bridgehead atoms. The molecule has 0 aliphatic carbocycles. The van der Waals surface area contributed by atoms with Crippen LogP contribution in [0.5, 0.6) is 46.0 Å². The van der Waals surface area contributed by atoms with Crippen LogP contribution in [0.4, 0.5) is 46.0 Å². The molecule has 0 aliphatic heterocycles. The van der Waals surface area contributed by atoms with Crippen molar-refractivity contribution in [1.82, 2.24) is 39.9 Å². The van der Waals surface area contributed by atoms with Gasteiger partial charge in [0.2, 0.25) is 7.37 Å². The number of nitrogens with zero attached hydrogens (tertiary/aromatic N) is 8. The Balaban J connectivity index is 0.000000196. The van der Waals surface area contributed by atoms with Crippen molar-refractivity contribution in [2.75, 3.05) is 229 Å². The maximum Gasteiger partial charge on any atom is 0.335 e. The fourth-order valence-electron chi connectivity index (χ4n) is 12.3. The number of benzene rings is 8. The smallest absolute Gasteiger partial charge is 0.335 e. The molecule has 8 aromatic carbocycles. The zero-order chi connectivity index (χ0) is 93.7. The van der Waals surface area contributed by atoms with E-state index in [1.54, 1.807) is 95.7 Å². The summed E-state index contributed by atoms with van der Waals surface area (Å²) in [4.78, 5) is 63.1. The fourth-order valence-corrected chi connectivity index (χ4v) is 19.2. The maximum atomic E-state index is 13.0. The Hall–Kier alpha value is -10.6. The lowest BCUT2D eigenvalue weighted by atomic mass is 10.2. The van der Waals surface area contributed by atoms with Gasteiger partial charge in [-0.1, -0.05) is 13.8 Å². The SMILES string of the molecule is CCP(=O)(CC)c1ccc(Nc2ncnc3cc(OCCOC)c(OCCOC)cc23)cc1.COCCOc1cc2ncnc(Nc3ccc(P(=O)(O)CP(=O)(O)O)cc3)c2cc1OCCOC.COCCOc1cc2ncnc(Nc3ccc(P(C)(C)=O)cc3)c2cc1OCCOC.COCCOc1cc2ncnc(Nc3ccc(P(C)(C)=O)cc3)c2cc1OCCOC. The first-order valence-corrected chi connectivity index (χ1v) is 52.1. The molecule has 700 valence electrons. The summed E-state index contributed by atoms with van der Waals surface area (Å²) in [5.41, 5.74) is 5.79. The second kappa shape index (κ2) is 51.3. The third-order valence-corrected chi connectivity index (χ3v) is 29.7. The molecule has 36 nitrogen and oxygen atoms in total. The van der Waals surface area contributed by atoms with Gasteiger partial charge in [0.15, 0.2) is 46.0 Å². The normalized spacial score (nSPS) is 12.0. The molecule has 7 N–H and O–H groups in total. The number of anilines is 8. The molecule has 12 rings (SSSR count). The highest BCUT2D eigenvalue weighted by Crippen LogP contribution is 2.54. The van der Waals surface area contributed by atoms with Crippen molar-refractivity contribution in [2.24, 2.45) is 0 Å². The van der Waals surface area contributed by atoms with Crippen LogP contribution in [0, 0.1) is 0 Å². The second-order valence-electron chi connectivity index (χ2n) is 29.3. The zero-order valence-electron chi connectivity index (χ0n) is 75.3. The Kier molecular flexibility index (Phi) is 40.7. The lowest BCUT2D eigenvalue weighted by molar-refractivity contribution is 0.132. The summed E-state index contributed by atoms with van der Waals surface area (Å²) in [5.74, 6) is 5.67. The first kappa shape index (κ1) is 103. The summed E-state index contributed by atoms with van der Waals surface area (Å²) in [5, 5.41) is 18.6. The molecule has 41 heteroatoms. The van der Waals surface area contributed by atoms with Crippen molar-refractivity contribution >= 4 is 147 Å². The number of hydrogen-bond acceptors (Lipinski definition) is 33. The average molecular weight is 1890 g/mol. The molecule has 0 aliphatic rings. The number of hydrogen-bond donors (Lipinski definition) is 7. The van der Waals surface area contributed by atoms with Gasteiger partial charge in [0.25, 0.3) is 0 Å². The molecule has 4 heterocycles. The number of ether oxygens (including phenoxy) is 16. The largest absolute Gasteiger partial charge is 0.487 e. The summed E-state index contributed by atoms with van der Waals surface area (Å²) < 4.78 is 148. The fraction of sp³-hybridized carbons (Fsp3) is 0.371. The summed E-state index contributed by atoms with van der Waals surface area (Å²) in [7, 11) is -2.90. The molecule has 0 saturated heterocycles. The molecule has 0 fully saturated rings. The van der Waals surface area contributed by atoms with Crippen LogP contribution in [0.2, 0.25) is 0 Å². The number of fused-ring (bicyclic) bond motifs is 4. The van der Waals surface area contributed by atoms with Crippen LogP contribution in [0.25, 0.3) is 43.6 Å². The lowest BCUT2D eigenvalue weighted by Crippen LogP contribution is -2.09. The van der Waals surface area contributed by atoms with Gasteiger partial charge in [0.1, 0.15) is 129 Å². The van der Waals surface area contributed by atoms with Gasteiger partial charge in [-0.25, -0.2) is 39.9 Å². The quantitative estimate of drug-likeness (QED) is 0.0138. The molecular weight excluding hydrogens is 1780 g/mol. The molecule has 4 aromatic heterocycles. The zero-order valence-corrected chi connectivity index (χ0v) is 79.8. The van der Waals surface area contributed by atoms with Gasteiger partial charge in [-0.2, -0.15) is 0 Å². The maximum absolute atomic E-state index is 13.0. The van der Waals surface area contributed by atoms with Crippen molar-refractivity contribution in [3.05, 3.63) is 171 Å². The van der Waals surface area contributed by atoms with E-state index in [0.29, 0.717) is 215 Å². The molecule has 1 atom stereocenters. The van der Waals surface area contributed by atoms with Crippen LogP contribution >= 0.6 is 36.4 Å². The van der Waals surface area contributed by atoms with Gasteiger partial charge < -0.3 is 125 Å². The number of nitrogens with one attached hydrogen (secondary N) is 4. The highest BCUT2D eigenvalue weighted by Gasteiger charge is 2.32. The van der Waals surface area contributed by atoms with E-state index in [4.69, 9.17) is 85.6 Å². The van der Waals surface area contributed by atoms with Crippen LogP contribution in [-0.2, 0) is 60.7 Å². The minimum atomic E-state index is -4.66. The van der Waals surface area contributed by atoms with Gasteiger partial charge in [-0.3, -0.25) is 9.13 Å². The molecule has 12 aromatic rings. The van der Waals surface area contributed by atoms with Gasteiger partial charge in [-0.05, 0) is 148 Å². The first-order chi connectivity index (χ1) is 62.5. The second-order valence-corrected chi connectivity index (χ2v) is 43.7. The van der Waals surface area contributed by atoms with Gasteiger partial charge in [0, 0.05) is 159 Å². The Labute approximate surface area is 755 Å². The standard InChI is InChI=1S/C24H32N3O5P.2C22H28N3O5P.C21H27N3O9P2/c1-5-33(28,6-2)19-9-7-18(8-10-19)27-24-20-15-22(31-13-11-29-3)23(32-14-12-30-4)16-21(20)25-17-26-24;2*1-27-9-11-29-20-13-18-19(14-21(20)30-12-10-28-2)23-15-24-22(18)25-16-5-7-17(8-6-16)31(3,4)26;1-30-7-9-32-19-11-17-18(12-20(19)33-10-8-31-2)22-13-23-21(17)24-15-3-5-16(6-4-15)34(25,26)14-35(27,28)29/h7-10,15-17H,5-6,11-14H2,1-4H3,(H,25,26,27);2*5-8,13-15H,9-12H2,1-4H3,(H,23,24,25);3-6,11-13H,7-10,14H2,1-2H3,(H,25,26)(H,22,23,24)(H2,27,28,29). The van der Waals surface area contributed by atoms with E-state index in [0.717, 1.165) is 54.7 Å². The molecule has 130 heavy (non-hydrogen) atoms. The lowest BCUT2D eigenvalue weighted by Gasteiger charge is -2.16. The Bertz CT molecular complexity index is 5670. The topological polar surface area (TPSA) is 445 Å². The summed E-state index contributed by atoms with van der Waals surface area (Å²) in [6, 6.07) is 43.0. The molecule has 0 saturated carbocycles. The predicted molar refractivity (Wildman–Crippen MR) is 509 cm³/mol. The summed E-state index contributed by atoms with van der Waals surface area (Å²) in [6.07, 6.45) is 7.20. The number of methoxy groups -OCH3 is 8. The molecule has 0 radical (unpaired) electrons. The van der Waals surface area contributed by atoms with E-state index in [9.17, 15) is 27.7 Å². The third-order valence-electron chi connectivity index (χ3n) is 19.2. The minimum Gasteiger partial charge on any atom is -0.487 e. The summed E-state index contributed by atoms with van der Waals surface area (Å²) >= 11 is 0. The van der Waals surface area contributed by atoms with Crippen molar-refractivity contribution in [2.45, 2.75) is 13.8 Å². The van der Waals surface area contributed by atoms with E-state index in [1.165, 1.54) is 49.6 Å². The van der Waals surface area contributed by atoms with E-state index >= 15 is 0 Å². The molecule has 0 spiro atoms. The summed E-state index contributed by atoms with van der Waals surface area (Å²) in [6.45, 7) is 17.5.